The van der Waals surface area contributed by atoms with E-state index in [1.165, 1.54) is 83.5 Å². The van der Waals surface area contributed by atoms with Crippen LogP contribution < -0.4 is 0 Å². The van der Waals surface area contributed by atoms with Crippen molar-refractivity contribution in [2.45, 2.75) is 104 Å². The molecule has 18 heavy (non-hydrogen) atoms. The van der Waals surface area contributed by atoms with E-state index in [1.54, 1.807) is 0 Å². The molecular formula is C18H37. The van der Waals surface area contributed by atoms with Gasteiger partial charge in [0.15, 0.2) is 0 Å². The first-order chi connectivity index (χ1) is 8.85. The zero-order valence-electron chi connectivity index (χ0n) is 13.2. The molecule has 0 bridgehead atoms. The van der Waals surface area contributed by atoms with Gasteiger partial charge < -0.3 is 0 Å². The van der Waals surface area contributed by atoms with Crippen LogP contribution in [0.4, 0.5) is 0 Å². The maximum Gasteiger partial charge on any atom is -0.0414 e. The van der Waals surface area contributed by atoms with Crippen molar-refractivity contribution in [1.82, 2.24) is 0 Å². The molecule has 0 spiro atoms. The minimum absolute atomic E-state index is 1.02. The van der Waals surface area contributed by atoms with E-state index < -0.39 is 0 Å². The summed E-state index contributed by atoms with van der Waals surface area (Å²) in [5.74, 6) is 1.02. The summed E-state index contributed by atoms with van der Waals surface area (Å²) in [7, 11) is 0. The molecule has 0 N–H and O–H groups in total. The highest BCUT2D eigenvalue weighted by Crippen LogP contribution is 2.22. The lowest BCUT2D eigenvalue weighted by atomic mass is 9.91. The zero-order chi connectivity index (χ0) is 13.5. The van der Waals surface area contributed by atoms with Crippen molar-refractivity contribution in [3.63, 3.8) is 0 Å². The van der Waals surface area contributed by atoms with Crippen LogP contribution in [0, 0.1) is 12.8 Å². The van der Waals surface area contributed by atoms with Crippen LogP contribution in [0.1, 0.15) is 104 Å². The molecule has 1 radical (unpaired) electrons. The van der Waals surface area contributed by atoms with Crippen molar-refractivity contribution < 1.29 is 0 Å². The SMILES string of the molecule is [CH2]CCCCCC(CCC)CCCCCCCC. The molecule has 0 amide bonds. The molecule has 0 aliphatic heterocycles. The first kappa shape index (κ1) is 18.0. The van der Waals surface area contributed by atoms with Crippen LogP contribution in [0.15, 0.2) is 0 Å². The van der Waals surface area contributed by atoms with Gasteiger partial charge in [-0.25, -0.2) is 0 Å². The van der Waals surface area contributed by atoms with E-state index in [9.17, 15) is 0 Å². The molecule has 0 aliphatic rings. The van der Waals surface area contributed by atoms with Crippen molar-refractivity contribution in [3.05, 3.63) is 6.92 Å². The number of rotatable bonds is 14. The van der Waals surface area contributed by atoms with Gasteiger partial charge in [-0.15, -0.1) is 0 Å². The quantitative estimate of drug-likeness (QED) is 0.294. The van der Waals surface area contributed by atoms with E-state index in [0.717, 1.165) is 12.3 Å². The molecule has 0 nitrogen and oxygen atoms in total. The molecule has 0 saturated heterocycles. The average molecular weight is 253 g/mol. The van der Waals surface area contributed by atoms with Gasteiger partial charge in [0.25, 0.3) is 0 Å². The first-order valence-corrected chi connectivity index (χ1v) is 8.64. The molecule has 1 unspecified atom stereocenters. The van der Waals surface area contributed by atoms with E-state index in [2.05, 4.69) is 20.8 Å². The summed E-state index contributed by atoms with van der Waals surface area (Å²) in [5.41, 5.74) is 0. The van der Waals surface area contributed by atoms with Gasteiger partial charge in [0.1, 0.15) is 0 Å². The second-order valence-corrected chi connectivity index (χ2v) is 5.91. The maximum absolute atomic E-state index is 3.92. The summed E-state index contributed by atoms with van der Waals surface area (Å²) >= 11 is 0. The Hall–Kier alpha value is 0. The van der Waals surface area contributed by atoms with Crippen molar-refractivity contribution in [1.29, 1.82) is 0 Å². The van der Waals surface area contributed by atoms with Crippen LogP contribution in [0.5, 0.6) is 0 Å². The van der Waals surface area contributed by atoms with E-state index >= 15 is 0 Å². The highest BCUT2D eigenvalue weighted by Gasteiger charge is 2.07. The predicted molar refractivity (Wildman–Crippen MR) is 84.8 cm³/mol. The van der Waals surface area contributed by atoms with Crippen LogP contribution in [-0.2, 0) is 0 Å². The Morgan fingerprint density at radius 2 is 1.17 bits per heavy atom. The Bertz CT molecular complexity index is 139. The summed E-state index contributed by atoms with van der Waals surface area (Å²) in [6, 6.07) is 0. The van der Waals surface area contributed by atoms with Crippen molar-refractivity contribution >= 4 is 0 Å². The maximum atomic E-state index is 3.92. The highest BCUT2D eigenvalue weighted by atomic mass is 14.1. The van der Waals surface area contributed by atoms with Crippen LogP contribution in [0.3, 0.4) is 0 Å². The van der Waals surface area contributed by atoms with Gasteiger partial charge in [0.2, 0.25) is 0 Å². The van der Waals surface area contributed by atoms with Gasteiger partial charge in [0, 0.05) is 0 Å². The monoisotopic (exact) mass is 253 g/mol. The molecule has 0 fully saturated rings. The Balaban J connectivity index is 3.44. The third-order valence-electron chi connectivity index (χ3n) is 4.03. The standard InChI is InChI=1S/C18H37/c1-4-7-9-11-12-14-17-18(15-6-3)16-13-10-8-5-2/h18H,2,4-17H2,1,3H3. The Morgan fingerprint density at radius 3 is 1.72 bits per heavy atom. The molecule has 0 saturated carbocycles. The van der Waals surface area contributed by atoms with Crippen LogP contribution in [0.25, 0.3) is 0 Å². The predicted octanol–water partition coefficient (Wildman–Crippen LogP) is 6.94. The van der Waals surface area contributed by atoms with Gasteiger partial charge in [-0.1, -0.05) is 111 Å². The van der Waals surface area contributed by atoms with Gasteiger partial charge >= 0.3 is 0 Å². The Kier molecular flexibility index (Phi) is 15.1. The van der Waals surface area contributed by atoms with E-state index in [-0.39, 0.29) is 0 Å². The topological polar surface area (TPSA) is 0 Å². The molecular weight excluding hydrogens is 216 g/mol. The number of hydrogen-bond donors (Lipinski definition) is 0. The molecule has 0 aliphatic carbocycles. The molecule has 0 aromatic carbocycles. The van der Waals surface area contributed by atoms with Crippen LogP contribution in [0.2, 0.25) is 0 Å². The van der Waals surface area contributed by atoms with Gasteiger partial charge in [0.05, 0.1) is 0 Å². The van der Waals surface area contributed by atoms with Crippen molar-refractivity contribution in [2.75, 3.05) is 0 Å². The highest BCUT2D eigenvalue weighted by molar-refractivity contribution is 4.60. The normalized spacial score (nSPS) is 12.8. The fraction of sp³-hybridized carbons (Fsp3) is 0.944. The van der Waals surface area contributed by atoms with Crippen molar-refractivity contribution in [3.8, 4) is 0 Å². The van der Waals surface area contributed by atoms with E-state index in [1.807, 2.05) is 0 Å². The lowest BCUT2D eigenvalue weighted by molar-refractivity contribution is 0.379. The summed E-state index contributed by atoms with van der Waals surface area (Å²) in [6.07, 6.45) is 19.8. The molecule has 109 valence electrons. The lowest BCUT2D eigenvalue weighted by Gasteiger charge is -2.15. The van der Waals surface area contributed by atoms with Crippen LogP contribution in [-0.4, -0.2) is 0 Å². The summed E-state index contributed by atoms with van der Waals surface area (Å²) in [5, 5.41) is 0. The summed E-state index contributed by atoms with van der Waals surface area (Å²) < 4.78 is 0. The molecule has 1 atom stereocenters. The smallest absolute Gasteiger partial charge is 0.0414 e. The average Bonchev–Trinajstić information content (AvgIpc) is 2.38. The minimum atomic E-state index is 1.02. The summed E-state index contributed by atoms with van der Waals surface area (Å²) in [6.45, 7) is 8.56. The van der Waals surface area contributed by atoms with Crippen molar-refractivity contribution in [2.24, 2.45) is 5.92 Å². The molecule has 0 rings (SSSR count). The Labute approximate surface area is 117 Å². The summed E-state index contributed by atoms with van der Waals surface area (Å²) in [4.78, 5) is 0. The molecule has 0 heteroatoms. The van der Waals surface area contributed by atoms with Gasteiger partial charge in [-0.2, -0.15) is 0 Å². The fourth-order valence-electron chi connectivity index (χ4n) is 2.84. The molecule has 0 aromatic rings. The number of hydrogen-bond acceptors (Lipinski definition) is 0. The largest absolute Gasteiger partial charge is 0.0654 e. The second kappa shape index (κ2) is 15.1. The van der Waals surface area contributed by atoms with Gasteiger partial charge in [-0.3, -0.25) is 0 Å². The van der Waals surface area contributed by atoms with E-state index in [4.69, 9.17) is 0 Å². The number of unbranched alkanes of at least 4 members (excludes halogenated alkanes) is 8. The van der Waals surface area contributed by atoms with Crippen LogP contribution >= 0.6 is 0 Å². The third-order valence-corrected chi connectivity index (χ3v) is 4.03. The lowest BCUT2D eigenvalue weighted by Crippen LogP contribution is -2.00. The zero-order valence-corrected chi connectivity index (χ0v) is 13.2. The van der Waals surface area contributed by atoms with Gasteiger partial charge in [-0.05, 0) is 5.92 Å². The third kappa shape index (κ3) is 12.5. The van der Waals surface area contributed by atoms with E-state index in [0.29, 0.717) is 0 Å². The second-order valence-electron chi connectivity index (χ2n) is 5.91. The minimum Gasteiger partial charge on any atom is -0.0654 e. The molecule has 0 aromatic heterocycles. The first-order valence-electron chi connectivity index (χ1n) is 8.64. The Morgan fingerprint density at radius 1 is 0.611 bits per heavy atom. The molecule has 0 heterocycles. The fourth-order valence-corrected chi connectivity index (χ4v) is 2.84.